The van der Waals surface area contributed by atoms with Crippen molar-refractivity contribution in [3.05, 3.63) is 46.4 Å². The number of amides is 1. The summed E-state index contributed by atoms with van der Waals surface area (Å²) in [5.41, 5.74) is 6.77. The van der Waals surface area contributed by atoms with Gasteiger partial charge in [-0.05, 0) is 12.1 Å². The molecule has 2 N–H and O–H groups in total. The molecule has 88 valence electrons. The molecule has 0 unspecified atom stereocenters. The van der Waals surface area contributed by atoms with E-state index in [0.29, 0.717) is 12.2 Å². The van der Waals surface area contributed by atoms with Gasteiger partial charge in [-0.15, -0.1) is 11.3 Å². The molecule has 0 aliphatic carbocycles. The van der Waals surface area contributed by atoms with E-state index in [4.69, 9.17) is 5.73 Å². The number of hydrogen-bond donors (Lipinski definition) is 1. The zero-order valence-corrected chi connectivity index (χ0v) is 10.3. The highest BCUT2D eigenvalue weighted by molar-refractivity contribution is 7.09. The first-order valence-corrected chi connectivity index (χ1v) is 6.08. The van der Waals surface area contributed by atoms with Crippen molar-refractivity contribution in [3.8, 4) is 0 Å². The van der Waals surface area contributed by atoms with E-state index in [9.17, 15) is 4.79 Å². The van der Waals surface area contributed by atoms with Gasteiger partial charge in [0, 0.05) is 24.7 Å². The Morgan fingerprint density at radius 1 is 1.41 bits per heavy atom. The fourth-order valence-electron chi connectivity index (χ4n) is 1.44. The van der Waals surface area contributed by atoms with Crippen LogP contribution >= 0.6 is 11.3 Å². The largest absolute Gasteiger partial charge is 0.325 e. The molecular formula is C12H13N3OS. The van der Waals surface area contributed by atoms with Crippen LogP contribution in [0.4, 0.5) is 5.69 Å². The number of nitrogens with two attached hydrogens (primary N) is 1. The first-order valence-electron chi connectivity index (χ1n) is 5.20. The monoisotopic (exact) mass is 247 g/mol. The molecule has 0 radical (unpaired) electrons. The molecule has 0 bridgehead atoms. The average molecular weight is 247 g/mol. The van der Waals surface area contributed by atoms with Gasteiger partial charge in [-0.25, -0.2) is 4.98 Å². The summed E-state index contributed by atoms with van der Waals surface area (Å²) in [5.74, 6) is -0.118. The Morgan fingerprint density at radius 3 is 2.71 bits per heavy atom. The van der Waals surface area contributed by atoms with Crippen LogP contribution in [0.25, 0.3) is 0 Å². The van der Waals surface area contributed by atoms with E-state index in [1.165, 1.54) is 11.3 Å². The SMILES string of the molecule is CN(C(=O)c1csc(CN)n1)c1ccccc1. The molecule has 2 rings (SSSR count). The maximum atomic E-state index is 12.1. The van der Waals surface area contributed by atoms with Gasteiger partial charge in [-0.2, -0.15) is 0 Å². The van der Waals surface area contributed by atoms with Crippen LogP contribution in [0, 0.1) is 0 Å². The van der Waals surface area contributed by atoms with Crippen molar-refractivity contribution >= 4 is 22.9 Å². The maximum Gasteiger partial charge on any atom is 0.277 e. The number of carbonyl (C=O) groups excluding carboxylic acids is 1. The molecule has 1 heterocycles. The molecule has 1 aromatic carbocycles. The van der Waals surface area contributed by atoms with Crippen molar-refractivity contribution in [1.29, 1.82) is 0 Å². The number of benzene rings is 1. The number of para-hydroxylation sites is 1. The van der Waals surface area contributed by atoms with Crippen molar-refractivity contribution < 1.29 is 4.79 Å². The van der Waals surface area contributed by atoms with Crippen molar-refractivity contribution in [2.24, 2.45) is 5.73 Å². The zero-order valence-electron chi connectivity index (χ0n) is 9.46. The Hall–Kier alpha value is -1.72. The van der Waals surface area contributed by atoms with Crippen LogP contribution in [0.3, 0.4) is 0 Å². The van der Waals surface area contributed by atoms with E-state index in [2.05, 4.69) is 4.98 Å². The summed E-state index contributed by atoms with van der Waals surface area (Å²) in [6, 6.07) is 9.47. The minimum absolute atomic E-state index is 0.118. The van der Waals surface area contributed by atoms with Gasteiger partial charge < -0.3 is 10.6 Å². The molecule has 0 fully saturated rings. The normalized spacial score (nSPS) is 10.2. The minimum atomic E-state index is -0.118. The molecule has 17 heavy (non-hydrogen) atoms. The Labute approximate surface area is 104 Å². The number of hydrogen-bond acceptors (Lipinski definition) is 4. The summed E-state index contributed by atoms with van der Waals surface area (Å²) >= 11 is 1.41. The van der Waals surface area contributed by atoms with E-state index < -0.39 is 0 Å². The van der Waals surface area contributed by atoms with Gasteiger partial charge in [-0.1, -0.05) is 18.2 Å². The quantitative estimate of drug-likeness (QED) is 0.900. The van der Waals surface area contributed by atoms with E-state index >= 15 is 0 Å². The van der Waals surface area contributed by atoms with Gasteiger partial charge in [-0.3, -0.25) is 4.79 Å². The Balaban J connectivity index is 2.20. The van der Waals surface area contributed by atoms with Crippen molar-refractivity contribution in [1.82, 2.24) is 4.98 Å². The second kappa shape index (κ2) is 5.07. The second-order valence-electron chi connectivity index (χ2n) is 3.53. The second-order valence-corrected chi connectivity index (χ2v) is 4.47. The van der Waals surface area contributed by atoms with Crippen LogP contribution in [0.2, 0.25) is 0 Å². The number of anilines is 1. The summed E-state index contributed by atoms with van der Waals surface area (Å²) in [5, 5.41) is 2.51. The molecule has 0 atom stereocenters. The fraction of sp³-hybridized carbons (Fsp3) is 0.167. The lowest BCUT2D eigenvalue weighted by atomic mass is 10.3. The van der Waals surface area contributed by atoms with Crippen LogP contribution in [-0.4, -0.2) is 17.9 Å². The first kappa shape index (κ1) is 11.8. The van der Waals surface area contributed by atoms with E-state index in [1.807, 2.05) is 30.3 Å². The van der Waals surface area contributed by atoms with Gasteiger partial charge in [0.25, 0.3) is 5.91 Å². The van der Waals surface area contributed by atoms with Gasteiger partial charge in [0.2, 0.25) is 0 Å². The van der Waals surface area contributed by atoms with Crippen LogP contribution in [-0.2, 0) is 6.54 Å². The highest BCUT2D eigenvalue weighted by Crippen LogP contribution is 2.16. The molecule has 0 saturated heterocycles. The molecule has 0 saturated carbocycles. The van der Waals surface area contributed by atoms with Gasteiger partial charge in [0.1, 0.15) is 10.7 Å². The third-order valence-corrected chi connectivity index (χ3v) is 3.26. The van der Waals surface area contributed by atoms with E-state index in [0.717, 1.165) is 10.7 Å². The van der Waals surface area contributed by atoms with Crippen molar-refractivity contribution in [3.63, 3.8) is 0 Å². The van der Waals surface area contributed by atoms with Crippen LogP contribution in [0.1, 0.15) is 15.5 Å². The summed E-state index contributed by atoms with van der Waals surface area (Å²) in [6.45, 7) is 0.368. The van der Waals surface area contributed by atoms with E-state index in [-0.39, 0.29) is 5.91 Å². The Morgan fingerprint density at radius 2 is 2.12 bits per heavy atom. The first-order chi connectivity index (χ1) is 8.22. The topological polar surface area (TPSA) is 59.2 Å². The third kappa shape index (κ3) is 2.51. The minimum Gasteiger partial charge on any atom is -0.325 e. The van der Waals surface area contributed by atoms with Crippen molar-refractivity contribution in [2.75, 3.05) is 11.9 Å². The molecule has 4 nitrogen and oxygen atoms in total. The Kier molecular flexibility index (Phi) is 3.51. The number of thiazole rings is 1. The highest BCUT2D eigenvalue weighted by Gasteiger charge is 2.16. The van der Waals surface area contributed by atoms with Gasteiger partial charge in [0.15, 0.2) is 0 Å². The number of rotatable bonds is 3. The van der Waals surface area contributed by atoms with E-state index in [1.54, 1.807) is 17.3 Å². The molecule has 1 amide bonds. The zero-order chi connectivity index (χ0) is 12.3. The van der Waals surface area contributed by atoms with Crippen molar-refractivity contribution in [2.45, 2.75) is 6.54 Å². The molecular weight excluding hydrogens is 234 g/mol. The molecule has 2 aromatic rings. The number of nitrogens with zero attached hydrogens (tertiary/aromatic N) is 2. The predicted molar refractivity (Wildman–Crippen MR) is 69.2 cm³/mol. The summed E-state index contributed by atoms with van der Waals surface area (Å²) in [4.78, 5) is 17.9. The number of aromatic nitrogens is 1. The molecule has 5 heteroatoms. The van der Waals surface area contributed by atoms with Crippen LogP contribution in [0.5, 0.6) is 0 Å². The summed E-state index contributed by atoms with van der Waals surface area (Å²) < 4.78 is 0. The van der Waals surface area contributed by atoms with Gasteiger partial charge >= 0.3 is 0 Å². The highest BCUT2D eigenvalue weighted by atomic mass is 32.1. The third-order valence-electron chi connectivity index (χ3n) is 2.39. The summed E-state index contributed by atoms with van der Waals surface area (Å²) in [6.07, 6.45) is 0. The molecule has 1 aromatic heterocycles. The lowest BCUT2D eigenvalue weighted by molar-refractivity contribution is 0.0989. The molecule has 0 aliphatic rings. The summed E-state index contributed by atoms with van der Waals surface area (Å²) in [7, 11) is 1.74. The molecule has 0 spiro atoms. The fourth-order valence-corrected chi connectivity index (χ4v) is 2.09. The predicted octanol–water partition coefficient (Wildman–Crippen LogP) is 1.88. The maximum absolute atomic E-state index is 12.1. The van der Waals surface area contributed by atoms with Gasteiger partial charge in [0.05, 0.1) is 0 Å². The number of carbonyl (C=O) groups is 1. The Bertz CT molecular complexity index is 509. The standard InChI is InChI=1S/C12H13N3OS/c1-15(9-5-3-2-4-6-9)12(16)10-8-17-11(7-13)14-10/h2-6,8H,7,13H2,1H3. The van der Waals surface area contributed by atoms with Crippen LogP contribution < -0.4 is 10.6 Å². The lowest BCUT2D eigenvalue weighted by Gasteiger charge is -2.15. The lowest BCUT2D eigenvalue weighted by Crippen LogP contribution is -2.26. The molecule has 0 aliphatic heterocycles. The smallest absolute Gasteiger partial charge is 0.277 e. The van der Waals surface area contributed by atoms with Crippen LogP contribution in [0.15, 0.2) is 35.7 Å². The average Bonchev–Trinajstić information content (AvgIpc) is 2.87.